The van der Waals surface area contributed by atoms with Gasteiger partial charge in [-0.15, -0.1) is 11.3 Å². The standard InChI is InChI=1S/C13H22O2S/c1-9-8-12(16-10(9)2)11(14)6-7-13(3,4)15-5/h8,11,14H,6-7H2,1-5H3. The van der Waals surface area contributed by atoms with Gasteiger partial charge in [-0.3, -0.25) is 0 Å². The van der Waals surface area contributed by atoms with E-state index in [1.54, 1.807) is 18.4 Å². The molecule has 1 atom stereocenters. The first-order chi connectivity index (χ1) is 7.35. The van der Waals surface area contributed by atoms with Crippen molar-refractivity contribution in [1.82, 2.24) is 0 Å². The minimum Gasteiger partial charge on any atom is -0.388 e. The van der Waals surface area contributed by atoms with Gasteiger partial charge in [0.25, 0.3) is 0 Å². The molecule has 0 aliphatic rings. The molecule has 1 aromatic rings. The van der Waals surface area contributed by atoms with E-state index in [0.29, 0.717) is 0 Å². The Bertz CT molecular complexity index is 322. The average Bonchev–Trinajstić information content (AvgIpc) is 2.56. The Kier molecular flexibility index (Phi) is 4.53. The summed E-state index contributed by atoms with van der Waals surface area (Å²) in [5.74, 6) is 0. The number of aliphatic hydroxyl groups excluding tert-OH is 1. The molecule has 0 saturated heterocycles. The Balaban J connectivity index is 2.56. The molecule has 0 aromatic carbocycles. The molecule has 0 fully saturated rings. The van der Waals surface area contributed by atoms with Crippen LogP contribution in [0.5, 0.6) is 0 Å². The van der Waals surface area contributed by atoms with Crippen molar-refractivity contribution in [2.45, 2.75) is 52.2 Å². The summed E-state index contributed by atoms with van der Waals surface area (Å²) in [6.45, 7) is 8.27. The first-order valence-electron chi connectivity index (χ1n) is 5.66. The van der Waals surface area contributed by atoms with E-state index in [9.17, 15) is 5.11 Å². The van der Waals surface area contributed by atoms with Crippen molar-refractivity contribution in [3.8, 4) is 0 Å². The van der Waals surface area contributed by atoms with Crippen molar-refractivity contribution in [2.24, 2.45) is 0 Å². The van der Waals surface area contributed by atoms with Crippen LogP contribution in [0.15, 0.2) is 6.07 Å². The average molecular weight is 242 g/mol. The summed E-state index contributed by atoms with van der Waals surface area (Å²) in [4.78, 5) is 2.36. The van der Waals surface area contributed by atoms with Crippen LogP contribution >= 0.6 is 11.3 Å². The fraction of sp³-hybridized carbons (Fsp3) is 0.692. The zero-order valence-electron chi connectivity index (χ0n) is 10.8. The highest BCUT2D eigenvalue weighted by atomic mass is 32.1. The summed E-state index contributed by atoms with van der Waals surface area (Å²) in [5.41, 5.74) is 1.12. The van der Waals surface area contributed by atoms with Crippen LogP contribution in [-0.2, 0) is 4.74 Å². The lowest BCUT2D eigenvalue weighted by Crippen LogP contribution is -2.22. The number of aliphatic hydroxyl groups is 1. The van der Waals surface area contributed by atoms with E-state index in [2.05, 4.69) is 19.9 Å². The third-order valence-electron chi connectivity index (χ3n) is 3.09. The second kappa shape index (κ2) is 5.30. The number of thiophene rings is 1. The summed E-state index contributed by atoms with van der Waals surface area (Å²) >= 11 is 1.69. The molecule has 1 N–H and O–H groups in total. The van der Waals surface area contributed by atoms with Gasteiger partial charge < -0.3 is 9.84 Å². The fourth-order valence-electron chi connectivity index (χ4n) is 1.49. The fourth-order valence-corrected chi connectivity index (χ4v) is 2.56. The Morgan fingerprint density at radius 1 is 1.44 bits per heavy atom. The molecule has 0 amide bonds. The van der Waals surface area contributed by atoms with E-state index in [-0.39, 0.29) is 11.7 Å². The van der Waals surface area contributed by atoms with Crippen molar-refractivity contribution >= 4 is 11.3 Å². The molecule has 3 heteroatoms. The smallest absolute Gasteiger partial charge is 0.0883 e. The first-order valence-corrected chi connectivity index (χ1v) is 6.47. The number of methoxy groups -OCH3 is 1. The number of rotatable bonds is 5. The van der Waals surface area contributed by atoms with E-state index in [1.807, 2.05) is 13.8 Å². The minimum atomic E-state index is -0.355. The van der Waals surface area contributed by atoms with Gasteiger partial charge in [0.15, 0.2) is 0 Å². The van der Waals surface area contributed by atoms with Crippen LogP contribution in [0.25, 0.3) is 0 Å². The third-order valence-corrected chi connectivity index (χ3v) is 4.34. The molecule has 2 nitrogen and oxygen atoms in total. The van der Waals surface area contributed by atoms with Gasteiger partial charge in [-0.1, -0.05) is 0 Å². The third kappa shape index (κ3) is 3.58. The zero-order valence-corrected chi connectivity index (χ0v) is 11.6. The van der Waals surface area contributed by atoms with Crippen LogP contribution in [0.1, 0.15) is 48.1 Å². The molecule has 1 rings (SSSR count). The van der Waals surface area contributed by atoms with Gasteiger partial charge in [0, 0.05) is 16.9 Å². The molecule has 1 aromatic heterocycles. The predicted molar refractivity (Wildman–Crippen MR) is 69.1 cm³/mol. The van der Waals surface area contributed by atoms with Gasteiger partial charge >= 0.3 is 0 Å². The summed E-state index contributed by atoms with van der Waals surface area (Å²) in [6, 6.07) is 2.09. The van der Waals surface area contributed by atoms with Crippen molar-refractivity contribution < 1.29 is 9.84 Å². The minimum absolute atomic E-state index is 0.150. The largest absolute Gasteiger partial charge is 0.388 e. The van der Waals surface area contributed by atoms with E-state index in [0.717, 1.165) is 17.7 Å². The number of hydrogen-bond acceptors (Lipinski definition) is 3. The highest BCUT2D eigenvalue weighted by Gasteiger charge is 2.20. The van der Waals surface area contributed by atoms with Gasteiger partial charge in [-0.2, -0.15) is 0 Å². The summed E-state index contributed by atoms with van der Waals surface area (Å²) < 4.78 is 5.35. The highest BCUT2D eigenvalue weighted by molar-refractivity contribution is 7.12. The van der Waals surface area contributed by atoms with Crippen molar-refractivity contribution in [3.63, 3.8) is 0 Å². The van der Waals surface area contributed by atoms with Crippen LogP contribution in [0.3, 0.4) is 0 Å². The van der Waals surface area contributed by atoms with Gasteiger partial charge in [-0.25, -0.2) is 0 Å². The van der Waals surface area contributed by atoms with E-state index in [1.165, 1.54) is 10.4 Å². The molecule has 0 spiro atoms. The SMILES string of the molecule is COC(C)(C)CCC(O)c1cc(C)c(C)s1. The lowest BCUT2D eigenvalue weighted by atomic mass is 9.99. The summed E-state index contributed by atoms with van der Waals surface area (Å²) in [7, 11) is 1.71. The number of hydrogen-bond donors (Lipinski definition) is 1. The zero-order chi connectivity index (χ0) is 12.3. The molecule has 0 saturated carbocycles. The van der Waals surface area contributed by atoms with Crippen LogP contribution in [-0.4, -0.2) is 17.8 Å². The van der Waals surface area contributed by atoms with E-state index >= 15 is 0 Å². The van der Waals surface area contributed by atoms with Gasteiger partial charge in [0.1, 0.15) is 0 Å². The monoisotopic (exact) mass is 242 g/mol. The van der Waals surface area contributed by atoms with Crippen LogP contribution in [0, 0.1) is 13.8 Å². The van der Waals surface area contributed by atoms with Crippen molar-refractivity contribution in [2.75, 3.05) is 7.11 Å². The van der Waals surface area contributed by atoms with Crippen LogP contribution in [0.2, 0.25) is 0 Å². The van der Waals surface area contributed by atoms with Crippen LogP contribution in [0.4, 0.5) is 0 Å². The molecule has 1 heterocycles. The molecular weight excluding hydrogens is 220 g/mol. The normalized spacial score (nSPS) is 14.1. The molecule has 0 aliphatic carbocycles. The molecule has 0 radical (unpaired) electrons. The van der Waals surface area contributed by atoms with Gasteiger partial charge in [0.2, 0.25) is 0 Å². The second-order valence-corrected chi connectivity index (χ2v) is 6.19. The Morgan fingerprint density at radius 3 is 2.50 bits per heavy atom. The summed E-state index contributed by atoms with van der Waals surface area (Å²) in [6.07, 6.45) is 1.26. The maximum Gasteiger partial charge on any atom is 0.0883 e. The maximum absolute atomic E-state index is 10.1. The predicted octanol–water partition coefficient (Wildman–Crippen LogP) is 3.60. The Labute approximate surface area is 102 Å². The maximum atomic E-state index is 10.1. The number of ether oxygens (including phenoxy) is 1. The van der Waals surface area contributed by atoms with E-state index in [4.69, 9.17) is 4.74 Å². The molecule has 0 aliphatic heterocycles. The topological polar surface area (TPSA) is 29.5 Å². The quantitative estimate of drug-likeness (QED) is 0.854. The van der Waals surface area contributed by atoms with Gasteiger partial charge in [0.05, 0.1) is 11.7 Å². The van der Waals surface area contributed by atoms with Crippen molar-refractivity contribution in [1.29, 1.82) is 0 Å². The lowest BCUT2D eigenvalue weighted by Gasteiger charge is -2.23. The summed E-state index contributed by atoms with van der Waals surface area (Å²) in [5, 5.41) is 10.1. The highest BCUT2D eigenvalue weighted by Crippen LogP contribution is 2.30. The molecular formula is C13H22O2S. The van der Waals surface area contributed by atoms with Crippen LogP contribution < -0.4 is 0 Å². The second-order valence-electron chi connectivity index (χ2n) is 4.91. The van der Waals surface area contributed by atoms with Gasteiger partial charge in [-0.05, 0) is 52.2 Å². The van der Waals surface area contributed by atoms with Crippen molar-refractivity contribution in [3.05, 3.63) is 21.4 Å². The first kappa shape index (κ1) is 13.7. The number of aryl methyl sites for hydroxylation is 2. The molecule has 0 bridgehead atoms. The molecule has 1 unspecified atom stereocenters. The lowest BCUT2D eigenvalue weighted by molar-refractivity contribution is 0.00309. The Hall–Kier alpha value is -0.380. The van der Waals surface area contributed by atoms with E-state index < -0.39 is 0 Å². The molecule has 16 heavy (non-hydrogen) atoms. The Morgan fingerprint density at radius 2 is 2.06 bits per heavy atom. The molecule has 92 valence electrons.